The number of esters is 1. The third kappa shape index (κ3) is 7.59. The van der Waals surface area contributed by atoms with Crippen LogP contribution in [0, 0.1) is 0 Å². The van der Waals surface area contributed by atoms with E-state index in [1.165, 1.54) is 0 Å². The van der Waals surface area contributed by atoms with Gasteiger partial charge in [-0.3, -0.25) is 4.79 Å². The maximum atomic E-state index is 13.0. The van der Waals surface area contributed by atoms with E-state index in [9.17, 15) is 9.59 Å². The number of amidine groups is 1. The summed E-state index contributed by atoms with van der Waals surface area (Å²) in [7, 11) is 0. The van der Waals surface area contributed by atoms with E-state index in [0.29, 0.717) is 36.4 Å². The number of aliphatic imine (C=N–C) groups is 1. The predicted molar refractivity (Wildman–Crippen MR) is 135 cm³/mol. The first-order valence-electron chi connectivity index (χ1n) is 11.6. The van der Waals surface area contributed by atoms with Crippen molar-refractivity contribution in [3.8, 4) is 0 Å². The highest BCUT2D eigenvalue weighted by atomic mass is 16.5. The number of carbonyl (C=O) groups is 2. The molecule has 1 aliphatic rings. The van der Waals surface area contributed by atoms with Gasteiger partial charge in [0.25, 0.3) is 0 Å². The molecule has 2 N–H and O–H groups in total. The molecule has 0 aliphatic carbocycles. The Morgan fingerprint density at radius 2 is 1.76 bits per heavy atom. The minimum absolute atomic E-state index is 0.0366. The summed E-state index contributed by atoms with van der Waals surface area (Å²) in [5, 5.41) is 0. The van der Waals surface area contributed by atoms with E-state index >= 15 is 0 Å². The Kier molecular flexibility index (Phi) is 10.3. The molecular weight excluding hydrogens is 414 g/mol. The number of hydrogen-bond donors (Lipinski definition) is 1. The summed E-state index contributed by atoms with van der Waals surface area (Å²) in [6.45, 7) is 11.5. The lowest BCUT2D eigenvalue weighted by atomic mass is 10.0. The first-order valence-corrected chi connectivity index (χ1v) is 11.6. The smallest absolute Gasteiger partial charge is 0.338 e. The zero-order valence-corrected chi connectivity index (χ0v) is 20.0. The Labute approximate surface area is 197 Å². The second-order valence-electron chi connectivity index (χ2n) is 7.80. The van der Waals surface area contributed by atoms with E-state index in [1.54, 1.807) is 25.1 Å². The molecule has 0 spiro atoms. The molecule has 0 aromatic heterocycles. The molecule has 0 unspecified atom stereocenters. The van der Waals surface area contributed by atoms with Gasteiger partial charge in [-0.05, 0) is 49.1 Å². The van der Waals surface area contributed by atoms with Crippen LogP contribution in [-0.2, 0) is 9.53 Å². The van der Waals surface area contributed by atoms with E-state index in [4.69, 9.17) is 10.5 Å². The number of hydrogen-bond acceptors (Lipinski definition) is 5. The Bertz CT molecular complexity index is 963. The summed E-state index contributed by atoms with van der Waals surface area (Å²) in [6.07, 6.45) is 10.1. The van der Waals surface area contributed by atoms with Gasteiger partial charge >= 0.3 is 5.97 Å². The van der Waals surface area contributed by atoms with Gasteiger partial charge < -0.3 is 15.4 Å². The van der Waals surface area contributed by atoms with Gasteiger partial charge in [0.2, 0.25) is 5.91 Å². The minimum atomic E-state index is -0.347. The quantitative estimate of drug-likeness (QED) is 0.400. The molecule has 0 fully saturated rings. The van der Waals surface area contributed by atoms with Crippen LogP contribution in [0.3, 0.4) is 0 Å². The largest absolute Gasteiger partial charge is 0.462 e. The van der Waals surface area contributed by atoms with Gasteiger partial charge in [0, 0.05) is 37.2 Å². The van der Waals surface area contributed by atoms with Crippen LogP contribution in [0.4, 0.5) is 0 Å². The number of amides is 1. The summed E-state index contributed by atoms with van der Waals surface area (Å²) in [5.41, 5.74) is 9.92. The maximum Gasteiger partial charge on any atom is 0.338 e. The highest BCUT2D eigenvalue weighted by molar-refractivity contribution is 6.00. The van der Waals surface area contributed by atoms with Crippen LogP contribution in [0.2, 0.25) is 0 Å². The lowest BCUT2D eigenvalue weighted by Gasteiger charge is -2.22. The number of benzene rings is 1. The molecule has 0 atom stereocenters. The van der Waals surface area contributed by atoms with Crippen molar-refractivity contribution in [3.05, 3.63) is 77.5 Å². The zero-order chi connectivity index (χ0) is 24.2. The Balaban J connectivity index is 2.29. The molecule has 1 aromatic carbocycles. The molecule has 1 aromatic rings. The van der Waals surface area contributed by atoms with E-state index < -0.39 is 0 Å². The molecule has 33 heavy (non-hydrogen) atoms. The Hall–Kier alpha value is -3.41. The van der Waals surface area contributed by atoms with Crippen molar-refractivity contribution < 1.29 is 14.3 Å². The van der Waals surface area contributed by atoms with Gasteiger partial charge in [-0.15, -0.1) is 0 Å². The van der Waals surface area contributed by atoms with Gasteiger partial charge in [0.05, 0.1) is 12.2 Å². The second-order valence-corrected chi connectivity index (χ2v) is 7.80. The van der Waals surface area contributed by atoms with Crippen molar-refractivity contribution in [1.82, 2.24) is 4.90 Å². The first-order chi connectivity index (χ1) is 15.9. The highest BCUT2D eigenvalue weighted by Gasteiger charge is 2.20. The molecular formula is C27H35N3O3. The lowest BCUT2D eigenvalue weighted by molar-refractivity contribution is -0.127. The topological polar surface area (TPSA) is 85.0 Å². The highest BCUT2D eigenvalue weighted by Crippen LogP contribution is 2.24. The molecule has 0 radical (unpaired) electrons. The van der Waals surface area contributed by atoms with Crippen LogP contribution in [0.1, 0.15) is 62.4 Å². The van der Waals surface area contributed by atoms with E-state index in [1.807, 2.05) is 35.3 Å². The molecule has 1 aliphatic heterocycles. The third-order valence-corrected chi connectivity index (χ3v) is 5.11. The fraction of sp³-hybridized carbons (Fsp3) is 0.370. The third-order valence-electron chi connectivity index (χ3n) is 5.11. The van der Waals surface area contributed by atoms with Crippen LogP contribution in [-0.4, -0.2) is 42.3 Å². The monoisotopic (exact) mass is 449 g/mol. The van der Waals surface area contributed by atoms with Crippen molar-refractivity contribution >= 4 is 23.3 Å². The molecule has 1 amide bonds. The zero-order valence-electron chi connectivity index (χ0n) is 20.0. The average Bonchev–Trinajstić information content (AvgIpc) is 2.99. The van der Waals surface area contributed by atoms with Gasteiger partial charge in [-0.1, -0.05) is 50.8 Å². The summed E-state index contributed by atoms with van der Waals surface area (Å²) in [5.74, 6) is 0.108. The van der Waals surface area contributed by atoms with E-state index in [2.05, 4.69) is 25.4 Å². The van der Waals surface area contributed by atoms with Gasteiger partial charge in [-0.2, -0.15) is 0 Å². The van der Waals surface area contributed by atoms with E-state index in [-0.39, 0.29) is 11.9 Å². The van der Waals surface area contributed by atoms with Crippen molar-refractivity contribution in [2.75, 3.05) is 19.7 Å². The number of nitrogens with two attached hydrogens (primary N) is 1. The Morgan fingerprint density at radius 1 is 1.12 bits per heavy atom. The summed E-state index contributed by atoms with van der Waals surface area (Å²) < 4.78 is 5.05. The normalized spacial score (nSPS) is 15.4. The average molecular weight is 450 g/mol. The number of nitrogens with zero attached hydrogens (tertiary/aromatic N) is 2. The molecule has 0 saturated carbocycles. The van der Waals surface area contributed by atoms with Crippen LogP contribution >= 0.6 is 0 Å². The van der Waals surface area contributed by atoms with Gasteiger partial charge in [-0.25, -0.2) is 9.79 Å². The molecule has 0 saturated heterocycles. The molecule has 176 valence electrons. The minimum Gasteiger partial charge on any atom is -0.462 e. The Morgan fingerprint density at radius 3 is 2.33 bits per heavy atom. The SMILES string of the molecule is C=C/C=C(\C=C1/CC=C(C(=O)N(CCC)CCC)CC(N)=N1)c1ccc(C(=O)OCC)cc1. The van der Waals surface area contributed by atoms with Crippen molar-refractivity contribution in [2.45, 2.75) is 46.5 Å². The maximum absolute atomic E-state index is 13.0. The molecule has 1 heterocycles. The molecule has 6 heteroatoms. The second kappa shape index (κ2) is 13.2. The van der Waals surface area contributed by atoms with Gasteiger partial charge in [0.15, 0.2) is 0 Å². The van der Waals surface area contributed by atoms with Gasteiger partial charge in [0.1, 0.15) is 5.84 Å². The van der Waals surface area contributed by atoms with Crippen molar-refractivity contribution in [3.63, 3.8) is 0 Å². The van der Waals surface area contributed by atoms with Crippen molar-refractivity contribution in [2.24, 2.45) is 10.7 Å². The summed E-state index contributed by atoms with van der Waals surface area (Å²) in [4.78, 5) is 31.4. The fourth-order valence-electron chi connectivity index (χ4n) is 3.62. The van der Waals surface area contributed by atoms with Crippen LogP contribution < -0.4 is 5.73 Å². The number of ether oxygens (including phenoxy) is 1. The summed E-state index contributed by atoms with van der Waals surface area (Å²) in [6, 6.07) is 7.20. The fourth-order valence-corrected chi connectivity index (χ4v) is 3.62. The van der Waals surface area contributed by atoms with Crippen molar-refractivity contribution in [1.29, 1.82) is 0 Å². The molecule has 6 nitrogen and oxygen atoms in total. The lowest BCUT2D eigenvalue weighted by Crippen LogP contribution is -2.34. The number of rotatable bonds is 10. The van der Waals surface area contributed by atoms with Crippen LogP contribution in [0.15, 0.2) is 71.4 Å². The van der Waals surface area contributed by atoms with Crippen LogP contribution in [0.25, 0.3) is 5.57 Å². The molecule has 2 rings (SSSR count). The predicted octanol–water partition coefficient (Wildman–Crippen LogP) is 5.04. The standard InChI is InChI=1S/C27H35N3O3/c1-5-9-22(20-10-12-21(13-11-20)27(32)33-8-4)18-24-15-14-23(19-25(28)29-24)26(31)30(16-6-2)17-7-3/h5,9-14,18H,1,6-8,15-17,19H2,2-4H3,(H2,28,29)/b22-9+,24-18+. The first kappa shape index (κ1) is 25.8. The van der Waals surface area contributed by atoms with E-state index in [0.717, 1.165) is 42.8 Å². The van der Waals surface area contributed by atoms with Crippen LogP contribution in [0.5, 0.6) is 0 Å². The number of allylic oxidation sites excluding steroid dienone is 5. The summed E-state index contributed by atoms with van der Waals surface area (Å²) >= 11 is 0. The molecule has 0 bridgehead atoms. The number of carbonyl (C=O) groups excluding carboxylic acids is 2.